The summed E-state index contributed by atoms with van der Waals surface area (Å²) in [5.74, 6) is 0.0228. The zero-order chi connectivity index (χ0) is 15.0. The Labute approximate surface area is 120 Å². The normalized spacial score (nSPS) is 14.6. The Kier molecular flexibility index (Phi) is 3.21. The average Bonchev–Trinajstić information content (AvgIpc) is 2.80. The van der Waals surface area contributed by atoms with Gasteiger partial charge < -0.3 is 15.2 Å². The first-order valence-electron chi connectivity index (χ1n) is 6.70. The van der Waals surface area contributed by atoms with Crippen molar-refractivity contribution in [3.05, 3.63) is 29.8 Å². The first-order chi connectivity index (χ1) is 10.1. The van der Waals surface area contributed by atoms with Crippen LogP contribution in [0.4, 0.5) is 5.82 Å². The predicted molar refractivity (Wildman–Crippen MR) is 76.4 cm³/mol. The van der Waals surface area contributed by atoms with Crippen LogP contribution in [-0.4, -0.2) is 28.1 Å². The van der Waals surface area contributed by atoms with Gasteiger partial charge in [-0.3, -0.25) is 4.79 Å². The molecule has 1 unspecified atom stereocenters. The molecule has 0 spiro atoms. The van der Waals surface area contributed by atoms with Gasteiger partial charge in [0.25, 0.3) is 0 Å². The maximum absolute atomic E-state index is 11.4. The van der Waals surface area contributed by atoms with Crippen molar-refractivity contribution < 1.29 is 19.4 Å². The van der Waals surface area contributed by atoms with E-state index >= 15 is 0 Å². The van der Waals surface area contributed by atoms with Crippen molar-refractivity contribution in [1.29, 1.82) is 0 Å². The van der Waals surface area contributed by atoms with Crippen molar-refractivity contribution in [2.45, 2.75) is 25.9 Å². The van der Waals surface area contributed by atoms with Crippen LogP contribution in [0.5, 0.6) is 5.75 Å². The minimum atomic E-state index is -0.987. The van der Waals surface area contributed by atoms with Crippen molar-refractivity contribution >= 4 is 28.6 Å². The number of fused-ring (bicyclic) bond motifs is 2. The number of anilines is 1. The minimum absolute atomic E-state index is 0.0683. The van der Waals surface area contributed by atoms with Crippen molar-refractivity contribution in [2.75, 3.05) is 5.32 Å². The number of nitrogens with zero attached hydrogens (tertiary/aromatic N) is 1. The Hall–Kier alpha value is -2.63. The van der Waals surface area contributed by atoms with Gasteiger partial charge in [0.1, 0.15) is 11.6 Å². The number of carboxylic acid groups (broad SMARTS) is 1. The largest absolute Gasteiger partial charge is 0.479 e. The quantitative estimate of drug-likeness (QED) is 0.897. The second-order valence-corrected chi connectivity index (χ2v) is 4.93. The van der Waals surface area contributed by atoms with Gasteiger partial charge in [-0.2, -0.15) is 0 Å². The Morgan fingerprint density at radius 1 is 1.48 bits per heavy atom. The van der Waals surface area contributed by atoms with Gasteiger partial charge in [0.2, 0.25) is 5.91 Å². The van der Waals surface area contributed by atoms with Crippen LogP contribution in [0.15, 0.2) is 24.3 Å². The van der Waals surface area contributed by atoms with Crippen LogP contribution in [-0.2, 0) is 16.0 Å². The smallest absolute Gasteiger partial charge is 0.344 e. The number of rotatable bonds is 4. The summed E-state index contributed by atoms with van der Waals surface area (Å²) in [6.07, 6.45) is -0.169. The molecule has 0 aliphatic carbocycles. The first-order valence-corrected chi connectivity index (χ1v) is 6.70. The van der Waals surface area contributed by atoms with Crippen LogP contribution >= 0.6 is 0 Å². The molecule has 3 rings (SSSR count). The zero-order valence-electron chi connectivity index (χ0n) is 11.4. The van der Waals surface area contributed by atoms with Gasteiger partial charge in [0, 0.05) is 10.9 Å². The van der Waals surface area contributed by atoms with Crippen molar-refractivity contribution in [3.8, 4) is 5.75 Å². The summed E-state index contributed by atoms with van der Waals surface area (Å²) >= 11 is 0. The lowest BCUT2D eigenvalue weighted by atomic mass is 10.1. The summed E-state index contributed by atoms with van der Waals surface area (Å²) in [6, 6.07) is 7.06. The molecule has 1 aliphatic rings. The molecule has 1 aromatic carbocycles. The van der Waals surface area contributed by atoms with Crippen LogP contribution < -0.4 is 10.1 Å². The fraction of sp³-hybridized carbons (Fsp3) is 0.267. The van der Waals surface area contributed by atoms with Gasteiger partial charge in [-0.15, -0.1) is 0 Å². The maximum Gasteiger partial charge on any atom is 0.344 e. The van der Waals surface area contributed by atoms with E-state index in [0.29, 0.717) is 24.4 Å². The molecule has 1 amide bonds. The molecule has 2 heterocycles. The number of aliphatic carboxylic acids is 1. The third-order valence-corrected chi connectivity index (χ3v) is 3.40. The molecule has 1 atom stereocenters. The molecular formula is C15H14N2O4. The number of carboxylic acids is 1. The molecule has 2 aromatic rings. The van der Waals surface area contributed by atoms with E-state index in [2.05, 4.69) is 10.3 Å². The molecule has 0 saturated heterocycles. The topological polar surface area (TPSA) is 88.5 Å². The average molecular weight is 286 g/mol. The first kappa shape index (κ1) is 13.4. The van der Waals surface area contributed by atoms with E-state index in [-0.39, 0.29) is 5.91 Å². The number of aromatic nitrogens is 1. The van der Waals surface area contributed by atoms with Crippen molar-refractivity contribution in [3.63, 3.8) is 0 Å². The molecule has 108 valence electrons. The Morgan fingerprint density at radius 2 is 2.29 bits per heavy atom. The number of ether oxygens (including phenoxy) is 1. The summed E-state index contributed by atoms with van der Waals surface area (Å²) in [5, 5.41) is 12.5. The molecule has 0 saturated carbocycles. The molecule has 2 N–H and O–H groups in total. The Bertz CT molecular complexity index is 742. The lowest BCUT2D eigenvalue weighted by Crippen LogP contribution is -2.25. The number of nitrogens with one attached hydrogen (secondary N) is 1. The highest BCUT2D eigenvalue weighted by atomic mass is 16.5. The van der Waals surface area contributed by atoms with E-state index in [1.807, 2.05) is 6.07 Å². The monoisotopic (exact) mass is 286 g/mol. The summed E-state index contributed by atoms with van der Waals surface area (Å²) in [6.45, 7) is 1.76. The molecule has 1 aromatic heterocycles. The highest BCUT2D eigenvalue weighted by Crippen LogP contribution is 2.28. The van der Waals surface area contributed by atoms with Crippen LogP contribution in [0, 0.1) is 0 Å². The second kappa shape index (κ2) is 5.05. The molecule has 6 heteroatoms. The molecular weight excluding hydrogens is 272 g/mol. The fourth-order valence-electron chi connectivity index (χ4n) is 2.34. The summed E-state index contributed by atoms with van der Waals surface area (Å²) in [7, 11) is 0. The van der Waals surface area contributed by atoms with Crippen molar-refractivity contribution in [1.82, 2.24) is 4.98 Å². The van der Waals surface area contributed by atoms with E-state index in [1.54, 1.807) is 25.1 Å². The third-order valence-electron chi connectivity index (χ3n) is 3.40. The number of carbonyl (C=O) groups is 2. The molecule has 1 aliphatic heterocycles. The summed E-state index contributed by atoms with van der Waals surface area (Å²) in [4.78, 5) is 26.7. The predicted octanol–water partition coefficient (Wildman–Crippen LogP) is 1.97. The van der Waals surface area contributed by atoms with E-state index < -0.39 is 12.1 Å². The lowest BCUT2D eigenvalue weighted by Gasteiger charge is -2.13. The SMILES string of the molecule is CCC(Oc1ccc2nc3c(cc2c1)CC(=O)N3)C(=O)O. The number of hydrogen-bond donors (Lipinski definition) is 2. The molecule has 21 heavy (non-hydrogen) atoms. The molecule has 0 bridgehead atoms. The second-order valence-electron chi connectivity index (χ2n) is 4.93. The van der Waals surface area contributed by atoms with E-state index in [4.69, 9.17) is 9.84 Å². The van der Waals surface area contributed by atoms with Gasteiger partial charge in [-0.25, -0.2) is 9.78 Å². The van der Waals surface area contributed by atoms with E-state index in [9.17, 15) is 9.59 Å². The highest BCUT2D eigenvalue weighted by molar-refractivity contribution is 6.00. The van der Waals surface area contributed by atoms with Gasteiger partial charge in [0.05, 0.1) is 11.9 Å². The van der Waals surface area contributed by atoms with Crippen LogP contribution in [0.2, 0.25) is 0 Å². The van der Waals surface area contributed by atoms with Crippen LogP contribution in [0.3, 0.4) is 0 Å². The van der Waals surface area contributed by atoms with Crippen LogP contribution in [0.1, 0.15) is 18.9 Å². The summed E-state index contributed by atoms with van der Waals surface area (Å²) in [5.41, 5.74) is 1.57. The van der Waals surface area contributed by atoms with E-state index in [0.717, 1.165) is 16.5 Å². The summed E-state index contributed by atoms with van der Waals surface area (Å²) < 4.78 is 5.46. The van der Waals surface area contributed by atoms with Crippen LogP contribution in [0.25, 0.3) is 10.9 Å². The van der Waals surface area contributed by atoms with E-state index in [1.165, 1.54) is 0 Å². The third kappa shape index (κ3) is 2.52. The van der Waals surface area contributed by atoms with Gasteiger partial charge >= 0.3 is 5.97 Å². The zero-order valence-corrected chi connectivity index (χ0v) is 11.4. The number of pyridine rings is 1. The number of hydrogen-bond acceptors (Lipinski definition) is 4. The highest BCUT2D eigenvalue weighted by Gasteiger charge is 2.20. The number of benzene rings is 1. The standard InChI is InChI=1S/C15H14N2O4/c1-2-12(15(19)20)21-10-3-4-11-8(6-10)5-9-7-13(18)17-14(9)16-11/h3-6,12H,2,7H2,1H3,(H,19,20)(H,16,17,18). The van der Waals surface area contributed by atoms with Gasteiger partial charge in [-0.05, 0) is 30.7 Å². The van der Waals surface area contributed by atoms with Crippen molar-refractivity contribution in [2.24, 2.45) is 0 Å². The Morgan fingerprint density at radius 3 is 3.00 bits per heavy atom. The minimum Gasteiger partial charge on any atom is -0.479 e. The van der Waals surface area contributed by atoms with Gasteiger partial charge in [-0.1, -0.05) is 6.92 Å². The number of amides is 1. The van der Waals surface area contributed by atoms with Gasteiger partial charge in [0.15, 0.2) is 6.10 Å². The molecule has 0 radical (unpaired) electrons. The maximum atomic E-state index is 11.4. The number of carbonyl (C=O) groups excluding carboxylic acids is 1. The molecule has 0 fully saturated rings. The molecule has 6 nitrogen and oxygen atoms in total. The fourth-order valence-corrected chi connectivity index (χ4v) is 2.34. The lowest BCUT2D eigenvalue weighted by molar-refractivity contribution is -0.145. The Balaban J connectivity index is 1.95.